The Morgan fingerprint density at radius 2 is 1.86 bits per heavy atom. The minimum absolute atomic E-state index is 0.0109. The molecule has 3 nitrogen and oxygen atoms in total. The van der Waals surface area contributed by atoms with Crippen LogP contribution in [-0.4, -0.2) is 10.8 Å². The average Bonchev–Trinajstić information content (AvgIpc) is 2.80. The summed E-state index contributed by atoms with van der Waals surface area (Å²) in [5, 5.41) is 1.06. The smallest absolute Gasteiger partial charge is 0.213 e. The van der Waals surface area contributed by atoms with Crippen LogP contribution in [0.1, 0.15) is 32.7 Å². The number of ketones is 1. The Labute approximate surface area is 122 Å². The van der Waals surface area contributed by atoms with Crippen molar-refractivity contribution in [3.05, 3.63) is 64.3 Å². The molecule has 2 heterocycles. The van der Waals surface area contributed by atoms with Crippen molar-refractivity contribution in [2.75, 3.05) is 0 Å². The molecule has 21 heavy (non-hydrogen) atoms. The number of benzene rings is 2. The van der Waals surface area contributed by atoms with Crippen LogP contribution < -0.4 is 4.74 Å². The largest absolute Gasteiger partial charge is 0.488 e. The molecule has 0 spiro atoms. The molecule has 0 saturated carbocycles. The molecular formula is C18H15NO2. The second kappa shape index (κ2) is 4.22. The van der Waals surface area contributed by atoms with Crippen LogP contribution in [0.5, 0.6) is 5.75 Å². The standard InChI is InChI=1S/C18H15NO2/c1-10-7-13-16(8-11(10)2)21-9-14-12-5-3-4-6-15(12)19-17(14)18(13)20/h3-8,19H,9H2,1-2H3. The molecule has 0 fully saturated rings. The van der Waals surface area contributed by atoms with Gasteiger partial charge in [0.2, 0.25) is 5.78 Å². The Morgan fingerprint density at radius 3 is 2.71 bits per heavy atom. The lowest BCUT2D eigenvalue weighted by Crippen LogP contribution is -2.03. The molecule has 1 aliphatic rings. The van der Waals surface area contributed by atoms with Gasteiger partial charge in [0, 0.05) is 16.5 Å². The van der Waals surface area contributed by atoms with Gasteiger partial charge >= 0.3 is 0 Å². The molecule has 1 N–H and O–H groups in total. The number of nitrogens with one attached hydrogen (secondary N) is 1. The first kappa shape index (κ1) is 12.2. The fourth-order valence-electron chi connectivity index (χ4n) is 2.91. The number of aromatic amines is 1. The Bertz CT molecular complexity index is 890. The van der Waals surface area contributed by atoms with Crippen LogP contribution in [0, 0.1) is 13.8 Å². The third-order valence-corrected chi connectivity index (χ3v) is 4.25. The van der Waals surface area contributed by atoms with E-state index in [9.17, 15) is 4.79 Å². The van der Waals surface area contributed by atoms with Crippen LogP contribution in [0.2, 0.25) is 0 Å². The molecular weight excluding hydrogens is 262 g/mol. The van der Waals surface area contributed by atoms with Gasteiger partial charge in [-0.3, -0.25) is 4.79 Å². The summed E-state index contributed by atoms with van der Waals surface area (Å²) in [4.78, 5) is 16.1. The lowest BCUT2D eigenvalue weighted by Gasteiger charge is -2.09. The molecule has 1 aromatic heterocycles. The lowest BCUT2D eigenvalue weighted by atomic mass is 10.00. The van der Waals surface area contributed by atoms with Gasteiger partial charge in [0.05, 0.1) is 11.3 Å². The van der Waals surface area contributed by atoms with E-state index in [4.69, 9.17) is 4.74 Å². The van der Waals surface area contributed by atoms with Crippen LogP contribution in [-0.2, 0) is 6.61 Å². The predicted molar refractivity (Wildman–Crippen MR) is 82.0 cm³/mol. The zero-order valence-corrected chi connectivity index (χ0v) is 12.0. The second-order valence-electron chi connectivity index (χ2n) is 5.57. The first-order valence-electron chi connectivity index (χ1n) is 7.03. The number of rotatable bonds is 0. The van der Waals surface area contributed by atoms with E-state index >= 15 is 0 Å². The highest BCUT2D eigenvalue weighted by Gasteiger charge is 2.26. The molecule has 2 aromatic carbocycles. The summed E-state index contributed by atoms with van der Waals surface area (Å²) in [7, 11) is 0. The molecule has 0 unspecified atom stereocenters. The molecule has 0 bridgehead atoms. The summed E-state index contributed by atoms with van der Waals surface area (Å²) in [6.07, 6.45) is 0. The molecule has 0 atom stereocenters. The summed E-state index contributed by atoms with van der Waals surface area (Å²) in [5.41, 5.74) is 5.46. The number of carbonyl (C=O) groups is 1. The number of H-pyrrole nitrogens is 1. The van der Waals surface area contributed by atoms with Crippen molar-refractivity contribution in [2.45, 2.75) is 20.5 Å². The van der Waals surface area contributed by atoms with Gasteiger partial charge in [0.15, 0.2) is 0 Å². The maximum atomic E-state index is 12.8. The Morgan fingerprint density at radius 1 is 1.10 bits per heavy atom. The van der Waals surface area contributed by atoms with E-state index in [0.717, 1.165) is 27.6 Å². The fraction of sp³-hybridized carbons (Fsp3) is 0.167. The van der Waals surface area contributed by atoms with E-state index in [1.54, 1.807) is 0 Å². The number of ether oxygens (including phenoxy) is 1. The normalized spacial score (nSPS) is 13.5. The van der Waals surface area contributed by atoms with E-state index in [-0.39, 0.29) is 5.78 Å². The zero-order valence-electron chi connectivity index (χ0n) is 12.0. The fourth-order valence-corrected chi connectivity index (χ4v) is 2.91. The average molecular weight is 277 g/mol. The summed E-state index contributed by atoms with van der Waals surface area (Å²) >= 11 is 0. The number of aromatic nitrogens is 1. The van der Waals surface area contributed by atoms with E-state index in [1.807, 2.05) is 50.2 Å². The van der Waals surface area contributed by atoms with E-state index in [0.29, 0.717) is 23.6 Å². The Balaban J connectivity index is 1.98. The first-order valence-corrected chi connectivity index (χ1v) is 7.03. The van der Waals surface area contributed by atoms with Gasteiger partial charge in [-0.2, -0.15) is 0 Å². The van der Waals surface area contributed by atoms with Crippen LogP contribution in [0.3, 0.4) is 0 Å². The van der Waals surface area contributed by atoms with Gasteiger partial charge in [0.1, 0.15) is 12.4 Å². The molecule has 0 amide bonds. The van der Waals surface area contributed by atoms with Crippen molar-refractivity contribution < 1.29 is 9.53 Å². The van der Waals surface area contributed by atoms with Crippen molar-refractivity contribution in [1.82, 2.24) is 4.98 Å². The van der Waals surface area contributed by atoms with E-state index in [2.05, 4.69) is 4.98 Å². The van der Waals surface area contributed by atoms with Crippen LogP contribution in [0.4, 0.5) is 0 Å². The third-order valence-electron chi connectivity index (χ3n) is 4.25. The summed E-state index contributed by atoms with van der Waals surface area (Å²) < 4.78 is 5.91. The zero-order chi connectivity index (χ0) is 14.6. The highest BCUT2D eigenvalue weighted by atomic mass is 16.5. The van der Waals surface area contributed by atoms with Crippen LogP contribution >= 0.6 is 0 Å². The van der Waals surface area contributed by atoms with Gasteiger partial charge in [-0.05, 0) is 43.2 Å². The molecule has 4 rings (SSSR count). The summed E-state index contributed by atoms with van der Waals surface area (Å²) in [5.74, 6) is 0.689. The number of fused-ring (bicyclic) bond motifs is 4. The van der Waals surface area contributed by atoms with Crippen molar-refractivity contribution in [3.63, 3.8) is 0 Å². The molecule has 0 aliphatic carbocycles. The molecule has 104 valence electrons. The summed E-state index contributed by atoms with van der Waals surface area (Å²) in [6.45, 7) is 4.46. The third kappa shape index (κ3) is 1.70. The van der Waals surface area contributed by atoms with Crippen LogP contribution in [0.15, 0.2) is 36.4 Å². The van der Waals surface area contributed by atoms with Crippen molar-refractivity contribution in [1.29, 1.82) is 0 Å². The van der Waals surface area contributed by atoms with Gasteiger partial charge in [-0.15, -0.1) is 0 Å². The lowest BCUT2D eigenvalue weighted by molar-refractivity contribution is 0.103. The monoisotopic (exact) mass is 277 g/mol. The Kier molecular flexibility index (Phi) is 2.45. The molecule has 3 aromatic rings. The highest BCUT2D eigenvalue weighted by Crippen LogP contribution is 2.33. The molecule has 0 saturated heterocycles. The number of carbonyl (C=O) groups excluding carboxylic acids is 1. The van der Waals surface area contributed by atoms with Crippen molar-refractivity contribution in [3.8, 4) is 5.75 Å². The number of para-hydroxylation sites is 1. The SMILES string of the molecule is Cc1cc2c(cc1C)C(=O)c1[nH]c3ccccc3c1CO2. The Hall–Kier alpha value is -2.55. The molecule has 3 heteroatoms. The second-order valence-corrected chi connectivity index (χ2v) is 5.57. The van der Waals surface area contributed by atoms with Gasteiger partial charge in [-0.25, -0.2) is 0 Å². The maximum absolute atomic E-state index is 12.8. The van der Waals surface area contributed by atoms with Crippen LogP contribution in [0.25, 0.3) is 10.9 Å². The minimum Gasteiger partial charge on any atom is -0.488 e. The molecule has 0 radical (unpaired) electrons. The predicted octanol–water partition coefficient (Wildman–Crippen LogP) is 3.91. The van der Waals surface area contributed by atoms with Gasteiger partial charge in [-0.1, -0.05) is 18.2 Å². The number of hydrogen-bond donors (Lipinski definition) is 1. The van der Waals surface area contributed by atoms with E-state index in [1.165, 1.54) is 0 Å². The first-order chi connectivity index (χ1) is 10.1. The quantitative estimate of drug-likeness (QED) is 0.677. The van der Waals surface area contributed by atoms with Gasteiger partial charge in [0.25, 0.3) is 0 Å². The molecule has 1 aliphatic heterocycles. The van der Waals surface area contributed by atoms with E-state index < -0.39 is 0 Å². The number of aryl methyl sites for hydroxylation is 2. The van der Waals surface area contributed by atoms with Crippen molar-refractivity contribution in [2.24, 2.45) is 0 Å². The highest BCUT2D eigenvalue weighted by molar-refractivity contribution is 6.13. The maximum Gasteiger partial charge on any atom is 0.213 e. The van der Waals surface area contributed by atoms with Crippen molar-refractivity contribution >= 4 is 16.7 Å². The number of hydrogen-bond acceptors (Lipinski definition) is 2. The minimum atomic E-state index is 0.0109. The van der Waals surface area contributed by atoms with Gasteiger partial charge < -0.3 is 9.72 Å². The topological polar surface area (TPSA) is 42.1 Å². The summed E-state index contributed by atoms with van der Waals surface area (Å²) in [6, 6.07) is 11.8.